The Bertz CT molecular complexity index is 658. The van der Waals surface area contributed by atoms with Crippen molar-refractivity contribution in [3.05, 3.63) is 53.4 Å². The van der Waals surface area contributed by atoms with Crippen molar-refractivity contribution in [2.24, 2.45) is 0 Å². The minimum absolute atomic E-state index is 0.0505. The molecule has 0 saturated carbocycles. The van der Waals surface area contributed by atoms with E-state index in [4.69, 9.17) is 16.3 Å². The van der Waals surface area contributed by atoms with Crippen LogP contribution in [0.2, 0.25) is 5.02 Å². The summed E-state index contributed by atoms with van der Waals surface area (Å²) in [4.78, 5) is 22.0. The number of urea groups is 1. The number of hydrogen-bond acceptors (Lipinski definition) is 4. The van der Waals surface area contributed by atoms with E-state index in [1.807, 2.05) is 29.2 Å². The zero-order chi connectivity index (χ0) is 16.8. The van der Waals surface area contributed by atoms with Crippen LogP contribution in [-0.2, 0) is 6.54 Å². The van der Waals surface area contributed by atoms with Gasteiger partial charge in [0.15, 0.2) is 0 Å². The van der Waals surface area contributed by atoms with Gasteiger partial charge >= 0.3 is 6.03 Å². The molecule has 0 radical (unpaired) electrons. The predicted molar refractivity (Wildman–Crippen MR) is 90.9 cm³/mol. The van der Waals surface area contributed by atoms with E-state index in [0.29, 0.717) is 30.5 Å². The first-order valence-corrected chi connectivity index (χ1v) is 8.28. The number of ether oxygens (including phenoxy) is 1. The fourth-order valence-corrected chi connectivity index (χ4v) is 2.71. The van der Waals surface area contributed by atoms with Crippen molar-refractivity contribution in [1.29, 1.82) is 0 Å². The van der Waals surface area contributed by atoms with Gasteiger partial charge in [0, 0.05) is 49.8 Å². The molecular formula is C17H19ClN4O2. The van der Waals surface area contributed by atoms with E-state index in [2.05, 4.69) is 15.3 Å². The number of carbonyl (C=O) groups is 1. The maximum absolute atomic E-state index is 12.2. The number of nitrogens with zero attached hydrogens (tertiary/aromatic N) is 3. The molecule has 0 bridgehead atoms. The van der Waals surface area contributed by atoms with E-state index in [-0.39, 0.29) is 12.1 Å². The fraction of sp³-hybridized carbons (Fsp3) is 0.353. The number of benzene rings is 1. The Kier molecular flexibility index (Phi) is 5.48. The molecule has 1 aliphatic heterocycles. The summed E-state index contributed by atoms with van der Waals surface area (Å²) >= 11 is 5.85. The minimum atomic E-state index is -0.0505. The van der Waals surface area contributed by atoms with Gasteiger partial charge in [0.25, 0.3) is 0 Å². The van der Waals surface area contributed by atoms with Crippen molar-refractivity contribution in [1.82, 2.24) is 20.2 Å². The average Bonchev–Trinajstić information content (AvgIpc) is 2.62. The summed E-state index contributed by atoms with van der Waals surface area (Å²) in [5.41, 5.74) is 1.02. The lowest BCUT2D eigenvalue weighted by atomic mass is 10.1. The van der Waals surface area contributed by atoms with Crippen LogP contribution < -0.4 is 10.1 Å². The molecule has 2 aromatic rings. The molecule has 7 heteroatoms. The number of hydrogen-bond donors (Lipinski definition) is 1. The zero-order valence-corrected chi connectivity index (χ0v) is 13.9. The first-order valence-electron chi connectivity index (χ1n) is 7.90. The largest absolute Gasteiger partial charge is 0.474 e. The van der Waals surface area contributed by atoms with Crippen molar-refractivity contribution in [3.63, 3.8) is 0 Å². The van der Waals surface area contributed by atoms with Gasteiger partial charge in [-0.2, -0.15) is 0 Å². The van der Waals surface area contributed by atoms with Crippen molar-refractivity contribution < 1.29 is 9.53 Å². The maximum atomic E-state index is 12.2. The second-order valence-electron chi connectivity index (χ2n) is 5.64. The molecule has 1 aromatic heterocycles. The smallest absolute Gasteiger partial charge is 0.317 e. The lowest BCUT2D eigenvalue weighted by Crippen LogP contribution is -2.46. The molecule has 1 N–H and O–H groups in total. The highest BCUT2D eigenvalue weighted by molar-refractivity contribution is 6.30. The summed E-state index contributed by atoms with van der Waals surface area (Å²) < 4.78 is 5.80. The topological polar surface area (TPSA) is 67.4 Å². The Morgan fingerprint density at radius 3 is 2.67 bits per heavy atom. The van der Waals surface area contributed by atoms with Crippen LogP contribution in [0.5, 0.6) is 5.88 Å². The van der Waals surface area contributed by atoms with Gasteiger partial charge in [-0.1, -0.05) is 23.7 Å². The van der Waals surface area contributed by atoms with Crippen LogP contribution in [0.4, 0.5) is 4.79 Å². The van der Waals surface area contributed by atoms with Crippen LogP contribution in [0, 0.1) is 0 Å². The standard InChI is InChI=1S/C17H19ClN4O2/c18-14-3-1-13(2-4-14)11-20-17(23)22-9-6-15(7-10-22)24-16-5-8-19-12-21-16/h1-5,8,12,15H,6-7,9-11H2,(H,20,23). The second-order valence-corrected chi connectivity index (χ2v) is 6.07. The third-order valence-electron chi connectivity index (χ3n) is 3.93. The first kappa shape index (κ1) is 16.5. The first-order chi connectivity index (χ1) is 11.7. The number of carbonyl (C=O) groups excluding carboxylic acids is 1. The number of halogens is 1. The van der Waals surface area contributed by atoms with Gasteiger partial charge in [-0.15, -0.1) is 0 Å². The van der Waals surface area contributed by atoms with Gasteiger partial charge in [-0.25, -0.2) is 14.8 Å². The van der Waals surface area contributed by atoms with Crippen molar-refractivity contribution in [3.8, 4) is 5.88 Å². The number of amides is 2. The third-order valence-corrected chi connectivity index (χ3v) is 4.18. The fourth-order valence-electron chi connectivity index (χ4n) is 2.59. The summed E-state index contributed by atoms with van der Waals surface area (Å²) in [7, 11) is 0. The van der Waals surface area contributed by atoms with Gasteiger partial charge in [0.05, 0.1) is 0 Å². The van der Waals surface area contributed by atoms with E-state index in [1.165, 1.54) is 6.33 Å². The molecule has 2 heterocycles. The zero-order valence-electron chi connectivity index (χ0n) is 13.2. The Morgan fingerprint density at radius 2 is 2.00 bits per heavy atom. The number of piperidine rings is 1. The number of nitrogens with one attached hydrogen (secondary N) is 1. The molecule has 0 spiro atoms. The molecule has 0 aliphatic carbocycles. The molecule has 1 saturated heterocycles. The van der Waals surface area contributed by atoms with E-state index in [9.17, 15) is 4.79 Å². The molecule has 0 atom stereocenters. The summed E-state index contributed by atoms with van der Waals surface area (Å²) in [6, 6.07) is 9.14. The molecule has 3 rings (SSSR count). The molecule has 1 aromatic carbocycles. The van der Waals surface area contributed by atoms with E-state index in [0.717, 1.165) is 18.4 Å². The molecule has 24 heavy (non-hydrogen) atoms. The monoisotopic (exact) mass is 346 g/mol. The van der Waals surface area contributed by atoms with Gasteiger partial charge in [-0.05, 0) is 17.7 Å². The second kappa shape index (κ2) is 7.97. The highest BCUT2D eigenvalue weighted by atomic mass is 35.5. The Morgan fingerprint density at radius 1 is 1.25 bits per heavy atom. The summed E-state index contributed by atoms with van der Waals surface area (Å²) in [6.07, 6.45) is 4.79. The van der Waals surface area contributed by atoms with Crippen LogP contribution in [0.1, 0.15) is 18.4 Å². The van der Waals surface area contributed by atoms with Crippen molar-refractivity contribution in [2.75, 3.05) is 13.1 Å². The van der Waals surface area contributed by atoms with E-state index >= 15 is 0 Å². The van der Waals surface area contributed by atoms with Gasteiger partial charge in [-0.3, -0.25) is 0 Å². The summed E-state index contributed by atoms with van der Waals surface area (Å²) in [6.45, 7) is 1.83. The summed E-state index contributed by atoms with van der Waals surface area (Å²) in [5, 5.41) is 3.63. The number of likely N-dealkylation sites (tertiary alicyclic amines) is 1. The Labute approximate surface area is 145 Å². The highest BCUT2D eigenvalue weighted by Crippen LogP contribution is 2.16. The molecule has 2 amide bonds. The number of aromatic nitrogens is 2. The maximum Gasteiger partial charge on any atom is 0.317 e. The van der Waals surface area contributed by atoms with Crippen LogP contribution in [0.15, 0.2) is 42.9 Å². The number of rotatable bonds is 4. The van der Waals surface area contributed by atoms with Crippen molar-refractivity contribution >= 4 is 17.6 Å². The van der Waals surface area contributed by atoms with Crippen LogP contribution in [-0.4, -0.2) is 40.1 Å². The van der Waals surface area contributed by atoms with Crippen LogP contribution in [0.3, 0.4) is 0 Å². The molecule has 1 aliphatic rings. The average molecular weight is 347 g/mol. The normalized spacial score (nSPS) is 15.1. The summed E-state index contributed by atoms with van der Waals surface area (Å²) in [5.74, 6) is 0.579. The Hall–Kier alpha value is -2.34. The molecule has 6 nitrogen and oxygen atoms in total. The van der Waals surface area contributed by atoms with E-state index < -0.39 is 0 Å². The van der Waals surface area contributed by atoms with Gasteiger partial charge < -0.3 is 15.0 Å². The quantitative estimate of drug-likeness (QED) is 0.924. The lowest BCUT2D eigenvalue weighted by molar-refractivity contribution is 0.107. The third kappa shape index (κ3) is 4.58. The molecule has 1 fully saturated rings. The van der Waals surface area contributed by atoms with E-state index in [1.54, 1.807) is 12.3 Å². The Balaban J connectivity index is 1.42. The van der Waals surface area contributed by atoms with Crippen molar-refractivity contribution in [2.45, 2.75) is 25.5 Å². The predicted octanol–water partition coefficient (Wildman–Crippen LogP) is 2.88. The highest BCUT2D eigenvalue weighted by Gasteiger charge is 2.24. The lowest BCUT2D eigenvalue weighted by Gasteiger charge is -2.31. The minimum Gasteiger partial charge on any atom is -0.474 e. The SMILES string of the molecule is O=C(NCc1ccc(Cl)cc1)N1CCC(Oc2ccncn2)CC1. The molecule has 0 unspecified atom stereocenters. The molecular weight excluding hydrogens is 328 g/mol. The van der Waals surface area contributed by atoms with Crippen LogP contribution in [0.25, 0.3) is 0 Å². The molecule has 126 valence electrons. The van der Waals surface area contributed by atoms with Gasteiger partial charge in [0.2, 0.25) is 5.88 Å². The van der Waals surface area contributed by atoms with Gasteiger partial charge in [0.1, 0.15) is 12.4 Å². The van der Waals surface area contributed by atoms with Crippen LogP contribution >= 0.6 is 11.6 Å².